The van der Waals surface area contributed by atoms with Crippen LogP contribution in [0.1, 0.15) is 18.9 Å². The van der Waals surface area contributed by atoms with Crippen LogP contribution in [-0.2, 0) is 0 Å². The van der Waals surface area contributed by atoms with E-state index in [1.165, 1.54) is 23.9 Å². The Kier molecular flexibility index (Phi) is 4.93. The van der Waals surface area contributed by atoms with Gasteiger partial charge in [0.25, 0.3) is 0 Å². The van der Waals surface area contributed by atoms with E-state index in [0.29, 0.717) is 5.56 Å². The van der Waals surface area contributed by atoms with E-state index in [4.69, 9.17) is 0 Å². The van der Waals surface area contributed by atoms with Crippen molar-refractivity contribution < 1.29 is 17.9 Å². The molecule has 1 aromatic carbocycles. The Morgan fingerprint density at radius 1 is 1.35 bits per heavy atom. The Hall–Kier alpha value is -1.10. The molecule has 0 N–H and O–H groups in total. The summed E-state index contributed by atoms with van der Waals surface area (Å²) in [5, 5.41) is 0. The van der Waals surface area contributed by atoms with Gasteiger partial charge in [-0.1, -0.05) is 31.2 Å². The third-order valence-corrected chi connectivity index (χ3v) is 2.81. The van der Waals surface area contributed by atoms with Crippen LogP contribution >= 0.6 is 11.8 Å². The van der Waals surface area contributed by atoms with Crippen molar-refractivity contribution in [2.75, 3.05) is 6.26 Å². The summed E-state index contributed by atoms with van der Waals surface area (Å²) < 4.78 is 40.7. The second-order valence-electron chi connectivity index (χ2n) is 3.22. The Balaban J connectivity index is 3.11. The standard InChI is InChI=1S/C12H13F3OS/c1-3-6-11(17-2)9-7-4-5-8-10(9)16-12(13,14)15/h4-8H,3H2,1-2H3/b11-6-. The van der Waals surface area contributed by atoms with Gasteiger partial charge in [-0.2, -0.15) is 0 Å². The number of thioether (sulfide) groups is 1. The van der Waals surface area contributed by atoms with E-state index in [1.807, 2.05) is 19.3 Å². The molecule has 0 aliphatic rings. The van der Waals surface area contributed by atoms with Gasteiger partial charge in [-0.05, 0) is 18.7 Å². The van der Waals surface area contributed by atoms with Gasteiger partial charge in [0.15, 0.2) is 0 Å². The van der Waals surface area contributed by atoms with Crippen molar-refractivity contribution in [1.29, 1.82) is 0 Å². The van der Waals surface area contributed by atoms with Crippen LogP contribution in [0.2, 0.25) is 0 Å². The first-order chi connectivity index (χ1) is 7.98. The van der Waals surface area contributed by atoms with Gasteiger partial charge in [0.05, 0.1) is 0 Å². The molecule has 0 aliphatic carbocycles. The van der Waals surface area contributed by atoms with Gasteiger partial charge in [-0.15, -0.1) is 24.9 Å². The second kappa shape index (κ2) is 6.00. The Bertz CT molecular complexity index is 399. The summed E-state index contributed by atoms with van der Waals surface area (Å²) in [4.78, 5) is 0.785. The van der Waals surface area contributed by atoms with E-state index in [-0.39, 0.29) is 5.75 Å². The maximum absolute atomic E-state index is 12.2. The zero-order chi connectivity index (χ0) is 12.9. The van der Waals surface area contributed by atoms with Crippen LogP contribution in [-0.4, -0.2) is 12.6 Å². The predicted octanol–water partition coefficient (Wildman–Crippen LogP) is 4.70. The van der Waals surface area contributed by atoms with E-state index in [9.17, 15) is 13.2 Å². The maximum atomic E-state index is 12.2. The van der Waals surface area contributed by atoms with Crippen molar-refractivity contribution in [2.45, 2.75) is 19.7 Å². The molecule has 0 atom stereocenters. The minimum atomic E-state index is -4.66. The molecule has 0 radical (unpaired) electrons. The van der Waals surface area contributed by atoms with Crippen molar-refractivity contribution in [3.8, 4) is 5.75 Å². The molecular weight excluding hydrogens is 249 g/mol. The van der Waals surface area contributed by atoms with Crippen molar-refractivity contribution in [3.05, 3.63) is 35.9 Å². The van der Waals surface area contributed by atoms with Crippen LogP contribution in [0, 0.1) is 0 Å². The minimum absolute atomic E-state index is 0.158. The van der Waals surface area contributed by atoms with E-state index < -0.39 is 6.36 Å². The first kappa shape index (κ1) is 14.0. The molecule has 17 heavy (non-hydrogen) atoms. The highest BCUT2D eigenvalue weighted by Crippen LogP contribution is 2.35. The Morgan fingerprint density at radius 2 is 2.00 bits per heavy atom. The molecule has 94 valence electrons. The molecule has 0 bridgehead atoms. The number of hydrogen-bond donors (Lipinski definition) is 0. The number of halogens is 3. The van der Waals surface area contributed by atoms with Crippen LogP contribution in [0.15, 0.2) is 30.3 Å². The molecule has 0 heterocycles. The smallest absolute Gasteiger partial charge is 0.405 e. The van der Waals surface area contributed by atoms with Gasteiger partial charge in [-0.25, -0.2) is 0 Å². The Labute approximate surface area is 103 Å². The zero-order valence-corrected chi connectivity index (χ0v) is 10.4. The fourth-order valence-corrected chi connectivity index (χ4v) is 2.09. The lowest BCUT2D eigenvalue weighted by Crippen LogP contribution is -2.17. The molecule has 0 saturated heterocycles. The van der Waals surface area contributed by atoms with Crippen LogP contribution in [0.5, 0.6) is 5.75 Å². The third-order valence-electron chi connectivity index (χ3n) is 1.99. The van der Waals surface area contributed by atoms with E-state index in [0.717, 1.165) is 11.3 Å². The summed E-state index contributed by atoms with van der Waals surface area (Å²) in [5.41, 5.74) is 0.471. The lowest BCUT2D eigenvalue weighted by Gasteiger charge is -2.14. The fraction of sp³-hybridized carbons (Fsp3) is 0.333. The summed E-state index contributed by atoms with van der Waals surface area (Å²) in [6, 6.07) is 6.16. The minimum Gasteiger partial charge on any atom is -0.405 e. The van der Waals surface area contributed by atoms with Crippen molar-refractivity contribution in [1.82, 2.24) is 0 Å². The quantitative estimate of drug-likeness (QED) is 0.777. The molecule has 0 aliphatic heterocycles. The van der Waals surface area contributed by atoms with Gasteiger partial charge in [0, 0.05) is 10.5 Å². The average Bonchev–Trinajstić information content (AvgIpc) is 2.25. The van der Waals surface area contributed by atoms with Crippen LogP contribution in [0.3, 0.4) is 0 Å². The Morgan fingerprint density at radius 3 is 2.53 bits per heavy atom. The molecule has 0 fully saturated rings. The zero-order valence-electron chi connectivity index (χ0n) is 9.54. The van der Waals surface area contributed by atoms with Gasteiger partial charge in [0.2, 0.25) is 0 Å². The lowest BCUT2D eigenvalue weighted by atomic mass is 10.1. The summed E-state index contributed by atoms with van der Waals surface area (Å²) in [6.45, 7) is 1.93. The molecule has 0 aromatic heterocycles. The van der Waals surface area contributed by atoms with Crippen molar-refractivity contribution in [3.63, 3.8) is 0 Å². The highest BCUT2D eigenvalue weighted by molar-refractivity contribution is 8.07. The number of para-hydroxylation sites is 1. The summed E-state index contributed by atoms with van der Waals surface area (Å²) >= 11 is 1.40. The first-order valence-electron chi connectivity index (χ1n) is 5.07. The number of alkyl halides is 3. The highest BCUT2D eigenvalue weighted by atomic mass is 32.2. The summed E-state index contributed by atoms with van der Waals surface area (Å²) in [7, 11) is 0. The summed E-state index contributed by atoms with van der Waals surface area (Å²) in [5.74, 6) is -0.158. The molecule has 0 spiro atoms. The lowest BCUT2D eigenvalue weighted by molar-refractivity contribution is -0.274. The monoisotopic (exact) mass is 262 g/mol. The van der Waals surface area contributed by atoms with Crippen molar-refractivity contribution in [2.24, 2.45) is 0 Å². The number of rotatable bonds is 4. The molecular formula is C12H13F3OS. The molecule has 5 heteroatoms. The topological polar surface area (TPSA) is 9.23 Å². The fourth-order valence-electron chi connectivity index (χ4n) is 1.37. The van der Waals surface area contributed by atoms with Gasteiger partial charge >= 0.3 is 6.36 Å². The van der Waals surface area contributed by atoms with Gasteiger partial charge in [-0.3, -0.25) is 0 Å². The van der Waals surface area contributed by atoms with Crippen LogP contribution in [0.4, 0.5) is 13.2 Å². The maximum Gasteiger partial charge on any atom is 0.573 e. The number of allylic oxidation sites excluding steroid dienone is 1. The van der Waals surface area contributed by atoms with Gasteiger partial charge < -0.3 is 4.74 Å². The van der Waals surface area contributed by atoms with E-state index in [1.54, 1.807) is 12.1 Å². The van der Waals surface area contributed by atoms with Crippen LogP contribution < -0.4 is 4.74 Å². The number of benzene rings is 1. The van der Waals surface area contributed by atoms with E-state index in [2.05, 4.69) is 4.74 Å². The normalized spacial score (nSPS) is 12.6. The SMILES string of the molecule is CC/C=C(\SC)c1ccccc1OC(F)(F)F. The van der Waals surface area contributed by atoms with Crippen molar-refractivity contribution >= 4 is 16.7 Å². The summed E-state index contributed by atoms with van der Waals surface area (Å²) in [6.07, 6.45) is -0.197. The first-order valence-corrected chi connectivity index (χ1v) is 6.29. The third kappa shape index (κ3) is 4.34. The molecule has 0 amide bonds. The molecule has 1 rings (SSSR count). The molecule has 0 unspecified atom stereocenters. The highest BCUT2D eigenvalue weighted by Gasteiger charge is 2.32. The second-order valence-corrected chi connectivity index (χ2v) is 4.07. The predicted molar refractivity (Wildman–Crippen MR) is 64.9 cm³/mol. The number of ether oxygens (including phenoxy) is 1. The molecule has 1 nitrogen and oxygen atoms in total. The average molecular weight is 262 g/mol. The largest absolute Gasteiger partial charge is 0.573 e. The molecule has 0 saturated carbocycles. The van der Waals surface area contributed by atoms with Gasteiger partial charge in [0.1, 0.15) is 5.75 Å². The van der Waals surface area contributed by atoms with E-state index >= 15 is 0 Å². The number of hydrogen-bond acceptors (Lipinski definition) is 2. The van der Waals surface area contributed by atoms with Crippen LogP contribution in [0.25, 0.3) is 4.91 Å². The molecule has 1 aromatic rings.